The lowest BCUT2D eigenvalue weighted by Gasteiger charge is -2.12. The van der Waals surface area contributed by atoms with Crippen molar-refractivity contribution in [1.82, 2.24) is 9.65 Å². The minimum absolute atomic E-state index is 0.280. The summed E-state index contributed by atoms with van der Waals surface area (Å²) in [7, 11) is -0.444. The minimum Gasteiger partial charge on any atom is -0.465 e. The molecule has 2 heterocycles. The number of hydrogen-bond acceptors (Lipinski definition) is 7. The number of thiazole rings is 1. The third kappa shape index (κ3) is 4.69. The van der Waals surface area contributed by atoms with Crippen molar-refractivity contribution in [2.24, 2.45) is 5.92 Å². The fraction of sp³-hybridized carbons (Fsp3) is 0.529. The van der Waals surface area contributed by atoms with Crippen LogP contribution >= 0.6 is 19.3 Å². The van der Waals surface area contributed by atoms with Crippen LogP contribution in [0.15, 0.2) is 16.5 Å². The Morgan fingerprint density at radius 2 is 2.12 bits per heavy atom. The molecule has 2 atom stereocenters. The summed E-state index contributed by atoms with van der Waals surface area (Å²) in [4.78, 5) is 17.3. The van der Waals surface area contributed by atoms with E-state index in [0.717, 1.165) is 11.3 Å². The SMILES string of the molecule is CCOC(=O)C(C)N(C)[P+](=O)c1ccc(-c2nc(N)sc2CC(C)C)o1. The molecule has 2 aromatic heterocycles. The zero-order valence-corrected chi connectivity index (χ0v) is 17.4. The highest BCUT2D eigenvalue weighted by Gasteiger charge is 2.38. The number of ether oxygens (including phenoxy) is 1. The van der Waals surface area contributed by atoms with Crippen molar-refractivity contribution in [3.05, 3.63) is 17.0 Å². The smallest absolute Gasteiger partial charge is 0.465 e. The maximum Gasteiger partial charge on any atom is 0.514 e. The maximum absolute atomic E-state index is 12.7. The quantitative estimate of drug-likeness (QED) is 0.537. The first-order chi connectivity index (χ1) is 12.2. The molecule has 0 radical (unpaired) electrons. The van der Waals surface area contributed by atoms with E-state index >= 15 is 0 Å². The van der Waals surface area contributed by atoms with Crippen LogP contribution in [0.2, 0.25) is 0 Å². The van der Waals surface area contributed by atoms with Crippen molar-refractivity contribution < 1.29 is 18.5 Å². The number of carbonyl (C=O) groups is 1. The van der Waals surface area contributed by atoms with Crippen LogP contribution < -0.4 is 11.2 Å². The summed E-state index contributed by atoms with van der Waals surface area (Å²) in [5.41, 5.74) is 6.84. The van der Waals surface area contributed by atoms with Crippen LogP contribution in [-0.2, 0) is 20.5 Å². The Balaban J connectivity index is 2.22. The number of rotatable bonds is 8. The summed E-state index contributed by atoms with van der Waals surface area (Å²) in [6.07, 6.45) is 0.839. The van der Waals surface area contributed by atoms with Crippen LogP contribution in [0.5, 0.6) is 0 Å². The zero-order chi connectivity index (χ0) is 19.4. The number of nitrogens with zero attached hydrogens (tertiary/aromatic N) is 2. The van der Waals surface area contributed by atoms with Crippen molar-refractivity contribution in [3.63, 3.8) is 0 Å². The molecule has 7 nitrogen and oxygen atoms in total. The highest BCUT2D eigenvalue weighted by atomic mass is 32.1. The fourth-order valence-corrected chi connectivity index (χ4v) is 4.50. The molecule has 0 amide bonds. The summed E-state index contributed by atoms with van der Waals surface area (Å²) >= 11 is 1.44. The van der Waals surface area contributed by atoms with Crippen molar-refractivity contribution in [1.29, 1.82) is 0 Å². The van der Waals surface area contributed by atoms with Gasteiger partial charge in [0.2, 0.25) is 0 Å². The molecular formula is C17H25N3O4PS+. The lowest BCUT2D eigenvalue weighted by molar-refractivity contribution is -0.146. The largest absolute Gasteiger partial charge is 0.514 e. The molecule has 26 heavy (non-hydrogen) atoms. The van der Waals surface area contributed by atoms with E-state index in [4.69, 9.17) is 14.9 Å². The van der Waals surface area contributed by atoms with Gasteiger partial charge in [-0.1, -0.05) is 18.5 Å². The molecule has 0 bridgehead atoms. The van der Waals surface area contributed by atoms with Crippen LogP contribution in [0, 0.1) is 5.92 Å². The standard InChI is InChI=1S/C17H25N3O4PS/c1-6-23-16(21)11(4)20(5)25(22)14-8-7-12(24-14)15-13(9-10(2)3)26-17(18)19-15/h7-8,10-11H,6,9H2,1-5H3,(H2,18,19)/q+1. The van der Waals surface area contributed by atoms with Gasteiger partial charge in [0.1, 0.15) is 11.7 Å². The van der Waals surface area contributed by atoms with Crippen LogP contribution in [0.3, 0.4) is 0 Å². The molecule has 0 aliphatic heterocycles. The number of furan rings is 1. The molecule has 2 N–H and O–H groups in total. The average molecular weight is 398 g/mol. The highest BCUT2D eigenvalue weighted by Crippen LogP contribution is 2.34. The van der Waals surface area contributed by atoms with Crippen LogP contribution in [-0.4, -0.2) is 35.3 Å². The molecule has 0 fully saturated rings. The molecule has 2 rings (SSSR count). The van der Waals surface area contributed by atoms with E-state index in [1.54, 1.807) is 33.0 Å². The molecule has 2 unspecified atom stereocenters. The van der Waals surface area contributed by atoms with Crippen LogP contribution in [0.25, 0.3) is 11.5 Å². The summed E-state index contributed by atoms with van der Waals surface area (Å²) in [5.74, 6) is 0.567. The number of anilines is 1. The van der Waals surface area contributed by atoms with E-state index < -0.39 is 20.0 Å². The maximum atomic E-state index is 12.7. The van der Waals surface area contributed by atoms with Crippen LogP contribution in [0.1, 0.15) is 32.6 Å². The van der Waals surface area contributed by atoms with Gasteiger partial charge >= 0.3 is 19.4 Å². The lowest BCUT2D eigenvalue weighted by Crippen LogP contribution is -2.34. The number of aromatic nitrogens is 1. The number of nitrogens with two attached hydrogens (primary N) is 1. The minimum atomic E-state index is -2.05. The average Bonchev–Trinajstić information content (AvgIpc) is 3.19. The van der Waals surface area contributed by atoms with E-state index in [1.165, 1.54) is 16.0 Å². The Morgan fingerprint density at radius 1 is 1.42 bits per heavy atom. The van der Waals surface area contributed by atoms with Gasteiger partial charge in [0.05, 0.1) is 6.61 Å². The van der Waals surface area contributed by atoms with Crippen LogP contribution in [0.4, 0.5) is 5.13 Å². The monoisotopic (exact) mass is 398 g/mol. The van der Waals surface area contributed by atoms with Gasteiger partial charge in [0, 0.05) is 18.0 Å². The third-order valence-electron chi connectivity index (χ3n) is 3.80. The van der Waals surface area contributed by atoms with Gasteiger partial charge in [-0.25, -0.2) is 4.98 Å². The summed E-state index contributed by atoms with van der Waals surface area (Å²) < 4.78 is 24.9. The number of carbonyl (C=O) groups excluding carboxylic acids is 1. The van der Waals surface area contributed by atoms with Gasteiger partial charge < -0.3 is 14.9 Å². The molecule has 0 spiro atoms. The number of hydrogen-bond donors (Lipinski definition) is 1. The van der Waals surface area contributed by atoms with Crippen molar-refractivity contribution in [3.8, 4) is 11.5 Å². The number of esters is 1. The number of nitrogen functional groups attached to an aromatic ring is 1. The van der Waals surface area contributed by atoms with E-state index in [1.807, 2.05) is 0 Å². The summed E-state index contributed by atoms with van der Waals surface area (Å²) in [6.45, 7) is 7.91. The first-order valence-electron chi connectivity index (χ1n) is 8.46. The van der Waals surface area contributed by atoms with E-state index in [2.05, 4.69) is 18.8 Å². The highest BCUT2D eigenvalue weighted by molar-refractivity contribution is 7.50. The van der Waals surface area contributed by atoms with E-state index in [-0.39, 0.29) is 12.1 Å². The van der Waals surface area contributed by atoms with Gasteiger partial charge in [-0.15, -0.1) is 11.3 Å². The van der Waals surface area contributed by atoms with E-state index in [0.29, 0.717) is 22.5 Å². The van der Waals surface area contributed by atoms with Gasteiger partial charge in [0.25, 0.3) is 0 Å². The van der Waals surface area contributed by atoms with Gasteiger partial charge in [-0.05, 0) is 36.8 Å². The molecule has 0 aliphatic carbocycles. The third-order valence-corrected chi connectivity index (χ3v) is 6.24. The Kier molecular flexibility index (Phi) is 6.92. The van der Waals surface area contributed by atoms with Crippen molar-refractivity contribution in [2.75, 3.05) is 19.4 Å². The normalized spacial score (nSPS) is 13.3. The molecule has 0 saturated carbocycles. The fourth-order valence-electron chi connectivity index (χ4n) is 2.36. The second-order valence-electron chi connectivity index (χ2n) is 6.33. The zero-order valence-electron chi connectivity index (χ0n) is 15.7. The van der Waals surface area contributed by atoms with E-state index in [9.17, 15) is 9.36 Å². The van der Waals surface area contributed by atoms with Crippen molar-refractivity contribution >= 4 is 35.9 Å². The molecule has 0 aromatic carbocycles. The Labute approximate surface area is 158 Å². The second kappa shape index (κ2) is 8.75. The summed E-state index contributed by atoms with van der Waals surface area (Å²) in [6, 6.07) is 2.75. The summed E-state index contributed by atoms with van der Waals surface area (Å²) in [5, 5.41) is 0.478. The Hall–Kier alpha value is -1.76. The van der Waals surface area contributed by atoms with Crippen molar-refractivity contribution in [2.45, 2.75) is 40.2 Å². The predicted octanol–water partition coefficient (Wildman–Crippen LogP) is 3.43. The molecule has 0 saturated heterocycles. The predicted molar refractivity (Wildman–Crippen MR) is 104 cm³/mol. The first kappa shape index (κ1) is 20.6. The second-order valence-corrected chi connectivity index (χ2v) is 9.07. The first-order valence-corrected chi connectivity index (χ1v) is 10.5. The number of likely N-dealkylation sites (N-methyl/N-ethyl adjacent to an activating group) is 1. The topological polar surface area (TPSA) is 98.7 Å². The molecule has 9 heteroatoms. The molecule has 2 aromatic rings. The van der Waals surface area contributed by atoms with Gasteiger partial charge in [-0.3, -0.25) is 4.79 Å². The molecule has 0 aliphatic rings. The molecular weight excluding hydrogens is 373 g/mol. The Morgan fingerprint density at radius 3 is 2.73 bits per heavy atom. The lowest BCUT2D eigenvalue weighted by atomic mass is 10.1. The van der Waals surface area contributed by atoms with Gasteiger partial charge in [0.15, 0.2) is 10.9 Å². The molecule has 142 valence electrons. The van der Waals surface area contributed by atoms with Gasteiger partial charge in [-0.2, -0.15) is 0 Å². The Bertz CT molecular complexity index is 787.